The maximum Gasteiger partial charge on any atom is 0.263 e. The zero-order chi connectivity index (χ0) is 14.8. The molecule has 0 spiro atoms. The molecule has 0 atom stereocenters. The van der Waals surface area contributed by atoms with E-state index in [1.54, 1.807) is 5.51 Å². The van der Waals surface area contributed by atoms with Crippen LogP contribution in [0.5, 0.6) is 0 Å². The van der Waals surface area contributed by atoms with Crippen LogP contribution in [-0.2, 0) is 16.3 Å². The third-order valence-electron chi connectivity index (χ3n) is 3.80. The van der Waals surface area contributed by atoms with Crippen LogP contribution in [0, 0.1) is 0 Å². The van der Waals surface area contributed by atoms with Crippen molar-refractivity contribution in [2.75, 3.05) is 6.26 Å². The van der Waals surface area contributed by atoms with E-state index in [1.807, 2.05) is 6.92 Å². The molecule has 0 unspecified atom stereocenters. The third-order valence-corrected chi connectivity index (χ3v) is 6.35. The molecule has 0 bridgehead atoms. The van der Waals surface area contributed by atoms with Gasteiger partial charge >= 0.3 is 0 Å². The number of nitrogens with zero attached hydrogens (tertiary/aromatic N) is 1. The Bertz CT molecular complexity index is 572. The lowest BCUT2D eigenvalue weighted by atomic mass is 9.95. The largest absolute Gasteiger partial charge is 0.349 e. The van der Waals surface area contributed by atoms with Crippen LogP contribution in [0.3, 0.4) is 0 Å². The summed E-state index contributed by atoms with van der Waals surface area (Å²) in [5, 5.41) is 2.76. The van der Waals surface area contributed by atoms with Crippen LogP contribution in [0.15, 0.2) is 5.51 Å². The number of aryl methyl sites for hydroxylation is 1. The number of sulfone groups is 1. The van der Waals surface area contributed by atoms with Gasteiger partial charge in [0.05, 0.1) is 16.5 Å². The smallest absolute Gasteiger partial charge is 0.263 e. The summed E-state index contributed by atoms with van der Waals surface area (Å²) in [4.78, 5) is 17.0. The minimum atomic E-state index is -2.95. The molecule has 2 rings (SSSR count). The number of aromatic nitrogens is 1. The fourth-order valence-electron chi connectivity index (χ4n) is 2.59. The zero-order valence-electron chi connectivity index (χ0n) is 11.8. The average Bonchev–Trinajstić information content (AvgIpc) is 2.86. The Balaban J connectivity index is 1.91. The summed E-state index contributed by atoms with van der Waals surface area (Å²) < 4.78 is 23.0. The Labute approximate surface area is 123 Å². The monoisotopic (exact) mass is 316 g/mol. The first-order chi connectivity index (χ1) is 9.41. The van der Waals surface area contributed by atoms with Gasteiger partial charge in [0.2, 0.25) is 0 Å². The first kappa shape index (κ1) is 15.4. The number of hydrogen-bond donors (Lipinski definition) is 1. The van der Waals surface area contributed by atoms with Gasteiger partial charge in [0.25, 0.3) is 5.91 Å². The lowest BCUT2D eigenvalue weighted by molar-refractivity contribution is 0.0931. The lowest BCUT2D eigenvalue weighted by Gasteiger charge is -2.27. The van der Waals surface area contributed by atoms with E-state index in [4.69, 9.17) is 0 Å². The van der Waals surface area contributed by atoms with E-state index in [-0.39, 0.29) is 17.2 Å². The number of rotatable bonds is 4. The molecule has 0 aliphatic heterocycles. The highest BCUT2D eigenvalue weighted by molar-refractivity contribution is 7.91. The van der Waals surface area contributed by atoms with Crippen molar-refractivity contribution in [1.29, 1.82) is 0 Å². The molecule has 1 N–H and O–H groups in total. The van der Waals surface area contributed by atoms with Gasteiger partial charge in [0, 0.05) is 12.3 Å². The number of amides is 1. The van der Waals surface area contributed by atoms with Gasteiger partial charge < -0.3 is 5.32 Å². The van der Waals surface area contributed by atoms with Gasteiger partial charge in [-0.15, -0.1) is 11.3 Å². The molecule has 0 radical (unpaired) electrons. The second-order valence-electron chi connectivity index (χ2n) is 5.26. The Morgan fingerprint density at radius 3 is 2.60 bits per heavy atom. The summed E-state index contributed by atoms with van der Waals surface area (Å²) in [7, 11) is -2.95. The van der Waals surface area contributed by atoms with E-state index in [0.29, 0.717) is 17.7 Å². The molecular formula is C13H20N2O3S2. The first-order valence-electron chi connectivity index (χ1n) is 6.84. The Hall–Kier alpha value is -0.950. The second kappa shape index (κ2) is 6.22. The maximum atomic E-state index is 12.2. The van der Waals surface area contributed by atoms with E-state index in [1.165, 1.54) is 17.6 Å². The van der Waals surface area contributed by atoms with Crippen LogP contribution >= 0.6 is 11.3 Å². The molecule has 1 aliphatic rings. The molecule has 1 saturated carbocycles. The Morgan fingerprint density at radius 2 is 2.05 bits per heavy atom. The molecule has 1 heterocycles. The SMILES string of the molecule is CCc1ncsc1C(=O)NC1CCC(S(C)(=O)=O)CC1. The quantitative estimate of drug-likeness (QED) is 0.919. The summed E-state index contributed by atoms with van der Waals surface area (Å²) >= 11 is 1.36. The third kappa shape index (κ3) is 3.58. The van der Waals surface area contributed by atoms with Gasteiger partial charge in [0.15, 0.2) is 0 Å². The summed E-state index contributed by atoms with van der Waals surface area (Å²) in [5.41, 5.74) is 2.52. The van der Waals surface area contributed by atoms with Crippen LogP contribution in [0.25, 0.3) is 0 Å². The topological polar surface area (TPSA) is 76.1 Å². The van der Waals surface area contributed by atoms with E-state index < -0.39 is 9.84 Å². The van der Waals surface area contributed by atoms with Crippen molar-refractivity contribution in [1.82, 2.24) is 10.3 Å². The highest BCUT2D eigenvalue weighted by Crippen LogP contribution is 2.24. The second-order valence-corrected chi connectivity index (χ2v) is 8.44. The Morgan fingerprint density at radius 1 is 1.40 bits per heavy atom. The highest BCUT2D eigenvalue weighted by Gasteiger charge is 2.29. The summed E-state index contributed by atoms with van der Waals surface area (Å²) in [6.45, 7) is 1.98. The van der Waals surface area contributed by atoms with E-state index in [0.717, 1.165) is 25.0 Å². The van der Waals surface area contributed by atoms with Gasteiger partial charge in [-0.3, -0.25) is 4.79 Å². The number of thiazole rings is 1. The highest BCUT2D eigenvalue weighted by atomic mass is 32.2. The molecule has 20 heavy (non-hydrogen) atoms. The number of carbonyl (C=O) groups is 1. The first-order valence-corrected chi connectivity index (χ1v) is 9.67. The van der Waals surface area contributed by atoms with Crippen LogP contribution in [-0.4, -0.2) is 36.9 Å². The molecule has 112 valence electrons. The summed E-state index contributed by atoms with van der Waals surface area (Å²) in [5.74, 6) is -0.0767. The maximum absolute atomic E-state index is 12.2. The summed E-state index contributed by atoms with van der Waals surface area (Å²) in [6.07, 6.45) is 4.75. The standard InChI is InChI=1S/C13H20N2O3S2/c1-3-11-12(19-8-14-11)13(16)15-9-4-6-10(7-5-9)20(2,17)18/h8-10H,3-7H2,1-2H3,(H,15,16). The van der Waals surface area contributed by atoms with Gasteiger partial charge in [-0.25, -0.2) is 13.4 Å². The van der Waals surface area contributed by atoms with Gasteiger partial charge in [-0.05, 0) is 32.1 Å². The van der Waals surface area contributed by atoms with E-state index in [2.05, 4.69) is 10.3 Å². The number of carbonyl (C=O) groups excluding carboxylic acids is 1. The predicted molar refractivity (Wildman–Crippen MR) is 79.8 cm³/mol. The van der Waals surface area contributed by atoms with Crippen LogP contribution in [0.2, 0.25) is 0 Å². The van der Waals surface area contributed by atoms with Crippen molar-refractivity contribution in [3.8, 4) is 0 Å². The molecule has 1 aromatic rings. The van der Waals surface area contributed by atoms with E-state index >= 15 is 0 Å². The lowest BCUT2D eigenvalue weighted by Crippen LogP contribution is -2.40. The molecule has 0 saturated heterocycles. The fraction of sp³-hybridized carbons (Fsp3) is 0.692. The van der Waals surface area contributed by atoms with Gasteiger partial charge in [-0.2, -0.15) is 0 Å². The van der Waals surface area contributed by atoms with Gasteiger partial charge in [0.1, 0.15) is 14.7 Å². The molecule has 1 aliphatic carbocycles. The van der Waals surface area contributed by atoms with Gasteiger partial charge in [-0.1, -0.05) is 6.92 Å². The molecule has 1 fully saturated rings. The molecule has 1 amide bonds. The van der Waals surface area contributed by atoms with Crippen molar-refractivity contribution in [3.63, 3.8) is 0 Å². The van der Waals surface area contributed by atoms with Crippen molar-refractivity contribution in [2.45, 2.75) is 50.3 Å². The predicted octanol–water partition coefficient (Wildman–Crippen LogP) is 1.79. The average molecular weight is 316 g/mol. The molecule has 7 heteroatoms. The summed E-state index contributed by atoms with van der Waals surface area (Å²) in [6, 6.07) is 0.0762. The Kier molecular flexibility index (Phi) is 4.80. The normalized spacial score (nSPS) is 23.5. The minimum Gasteiger partial charge on any atom is -0.349 e. The van der Waals surface area contributed by atoms with Crippen molar-refractivity contribution in [3.05, 3.63) is 16.1 Å². The van der Waals surface area contributed by atoms with Crippen LogP contribution in [0.1, 0.15) is 48.0 Å². The fourth-order valence-corrected chi connectivity index (χ4v) is 4.50. The molecule has 5 nitrogen and oxygen atoms in total. The van der Waals surface area contributed by atoms with Crippen molar-refractivity contribution >= 4 is 27.1 Å². The minimum absolute atomic E-state index is 0.0762. The van der Waals surface area contributed by atoms with Crippen LogP contribution in [0.4, 0.5) is 0 Å². The van der Waals surface area contributed by atoms with E-state index in [9.17, 15) is 13.2 Å². The van der Waals surface area contributed by atoms with Crippen molar-refractivity contribution in [2.24, 2.45) is 0 Å². The van der Waals surface area contributed by atoms with Crippen LogP contribution < -0.4 is 5.32 Å². The molecule has 1 aromatic heterocycles. The molecule has 0 aromatic carbocycles. The molecular weight excluding hydrogens is 296 g/mol. The number of hydrogen-bond acceptors (Lipinski definition) is 5. The number of nitrogens with one attached hydrogen (secondary N) is 1. The zero-order valence-corrected chi connectivity index (χ0v) is 13.4. The van der Waals surface area contributed by atoms with Crippen molar-refractivity contribution < 1.29 is 13.2 Å².